The van der Waals surface area contributed by atoms with Crippen LogP contribution in [-0.4, -0.2) is 64.7 Å². The number of hydrogen-bond donors (Lipinski definition) is 4. The molecule has 0 aromatic heterocycles. The molecule has 0 saturated heterocycles. The zero-order chi connectivity index (χ0) is 31.5. The number of nitrogens with zero attached hydrogens (tertiary/aromatic N) is 1. The number of nitrogens with one attached hydrogen (secondary N) is 2. The first kappa shape index (κ1) is 33.4. The van der Waals surface area contributed by atoms with E-state index in [0.29, 0.717) is 30.8 Å². The minimum Gasteiger partial charge on any atom is -0.478 e. The van der Waals surface area contributed by atoms with Gasteiger partial charge in [-0.1, -0.05) is 26.0 Å². The van der Waals surface area contributed by atoms with Crippen LogP contribution in [0.3, 0.4) is 0 Å². The number of carbonyl (C=O) groups excluding carboxylic acids is 2. The number of carboxylic acids is 1. The van der Waals surface area contributed by atoms with Gasteiger partial charge in [-0.2, -0.15) is 0 Å². The summed E-state index contributed by atoms with van der Waals surface area (Å²) in [6.07, 6.45) is 0.373. The molecule has 0 unspecified atom stereocenters. The molecule has 3 rings (SSSR count). The predicted molar refractivity (Wildman–Crippen MR) is 160 cm³/mol. The van der Waals surface area contributed by atoms with Crippen LogP contribution in [0, 0.1) is 18.6 Å². The third-order valence-corrected chi connectivity index (χ3v) is 6.90. The van der Waals surface area contributed by atoms with Crippen LogP contribution < -0.4 is 10.6 Å². The van der Waals surface area contributed by atoms with Crippen LogP contribution in [0.25, 0.3) is 0 Å². The molecule has 2 atom stereocenters. The maximum absolute atomic E-state index is 13.9. The number of hydrogen-bond acceptors (Lipinski definition) is 5. The summed E-state index contributed by atoms with van der Waals surface area (Å²) in [4.78, 5) is 39.5. The van der Waals surface area contributed by atoms with E-state index >= 15 is 0 Å². The number of aliphatic hydroxyl groups excluding tert-OH is 1. The Labute approximate surface area is 250 Å². The van der Waals surface area contributed by atoms with Crippen LogP contribution in [0.5, 0.6) is 0 Å². The lowest BCUT2D eigenvalue weighted by Crippen LogP contribution is -2.48. The Morgan fingerprint density at radius 3 is 2.02 bits per heavy atom. The second-order valence-corrected chi connectivity index (χ2v) is 10.6. The molecule has 230 valence electrons. The van der Waals surface area contributed by atoms with Crippen LogP contribution in [0.2, 0.25) is 0 Å². The van der Waals surface area contributed by atoms with Gasteiger partial charge in [0.05, 0.1) is 17.7 Å². The molecule has 0 heterocycles. The van der Waals surface area contributed by atoms with Crippen molar-refractivity contribution in [2.45, 2.75) is 58.7 Å². The molecule has 10 heteroatoms. The molecule has 3 aromatic rings. The lowest BCUT2D eigenvalue weighted by Gasteiger charge is -2.25. The monoisotopic (exact) mass is 595 g/mol. The first-order chi connectivity index (χ1) is 20.5. The van der Waals surface area contributed by atoms with E-state index in [4.69, 9.17) is 5.11 Å². The van der Waals surface area contributed by atoms with Crippen molar-refractivity contribution in [3.05, 3.63) is 106 Å². The lowest BCUT2D eigenvalue weighted by atomic mass is 9.99. The minimum absolute atomic E-state index is 0.0178. The molecule has 0 aliphatic carbocycles. The Morgan fingerprint density at radius 1 is 0.837 bits per heavy atom. The van der Waals surface area contributed by atoms with Crippen LogP contribution in [0.4, 0.5) is 8.78 Å². The zero-order valence-electron chi connectivity index (χ0n) is 24.7. The largest absolute Gasteiger partial charge is 0.478 e. The van der Waals surface area contributed by atoms with E-state index in [9.17, 15) is 28.3 Å². The fourth-order valence-corrected chi connectivity index (χ4v) is 4.86. The van der Waals surface area contributed by atoms with E-state index in [1.807, 2.05) is 13.8 Å². The van der Waals surface area contributed by atoms with Crippen molar-refractivity contribution in [2.24, 2.45) is 0 Å². The summed E-state index contributed by atoms with van der Waals surface area (Å²) in [5.41, 5.74) is 2.50. The molecule has 0 radical (unpaired) electrons. The van der Waals surface area contributed by atoms with E-state index < -0.39 is 35.7 Å². The van der Waals surface area contributed by atoms with Crippen LogP contribution >= 0.6 is 0 Å². The summed E-state index contributed by atoms with van der Waals surface area (Å²) >= 11 is 0. The topological polar surface area (TPSA) is 119 Å². The highest BCUT2D eigenvalue weighted by molar-refractivity contribution is 6.00. The highest BCUT2D eigenvalue weighted by Crippen LogP contribution is 2.16. The number of aryl methyl sites for hydroxylation is 1. The van der Waals surface area contributed by atoms with E-state index in [0.717, 1.165) is 36.6 Å². The van der Waals surface area contributed by atoms with Crippen LogP contribution in [0.15, 0.2) is 60.7 Å². The van der Waals surface area contributed by atoms with Crippen molar-refractivity contribution in [3.8, 4) is 0 Å². The van der Waals surface area contributed by atoms with Crippen molar-refractivity contribution in [2.75, 3.05) is 19.6 Å². The molecule has 4 N–H and O–H groups in total. The van der Waals surface area contributed by atoms with Gasteiger partial charge in [0.25, 0.3) is 11.8 Å². The summed E-state index contributed by atoms with van der Waals surface area (Å²) < 4.78 is 27.9. The van der Waals surface area contributed by atoms with Gasteiger partial charge in [0, 0.05) is 43.4 Å². The van der Waals surface area contributed by atoms with E-state index in [2.05, 4.69) is 10.6 Å². The van der Waals surface area contributed by atoms with Crippen LogP contribution in [-0.2, 0) is 13.0 Å². The Hall–Kier alpha value is -4.15. The second kappa shape index (κ2) is 15.9. The van der Waals surface area contributed by atoms with Gasteiger partial charge in [-0.05, 0) is 85.3 Å². The maximum atomic E-state index is 13.9. The van der Waals surface area contributed by atoms with Gasteiger partial charge in [-0.25, -0.2) is 13.6 Å². The Kier molecular flexibility index (Phi) is 12.3. The fraction of sp³-hybridized carbons (Fsp3) is 0.364. The van der Waals surface area contributed by atoms with Gasteiger partial charge < -0.3 is 25.7 Å². The molecular weight excluding hydrogens is 556 g/mol. The number of halogens is 2. The number of aliphatic hydroxyl groups is 1. The average molecular weight is 596 g/mol. The highest BCUT2D eigenvalue weighted by Gasteiger charge is 2.24. The van der Waals surface area contributed by atoms with Crippen molar-refractivity contribution < 1.29 is 33.4 Å². The van der Waals surface area contributed by atoms with Crippen LogP contribution in [0.1, 0.15) is 74.5 Å². The third kappa shape index (κ3) is 9.97. The molecule has 0 fully saturated rings. The third-order valence-electron chi connectivity index (χ3n) is 6.90. The Balaban J connectivity index is 1.79. The number of aromatic carboxylic acids is 1. The SMILES string of the molecule is CCCN(CCC)C(=O)c1cc(C)cc(C(=O)N[C@@H](Cc2cc(F)cc(F)c2)[C@H](O)CNCc2ccc(C(=O)O)cc2)c1. The molecule has 0 spiro atoms. The average Bonchev–Trinajstić information content (AvgIpc) is 2.95. The zero-order valence-corrected chi connectivity index (χ0v) is 24.7. The van der Waals surface area contributed by atoms with Gasteiger partial charge in [0.1, 0.15) is 11.6 Å². The molecule has 43 heavy (non-hydrogen) atoms. The normalized spacial score (nSPS) is 12.4. The highest BCUT2D eigenvalue weighted by atomic mass is 19.1. The molecule has 0 aliphatic heterocycles. The molecular formula is C33H39F2N3O5. The second-order valence-electron chi connectivity index (χ2n) is 10.6. The number of carbonyl (C=O) groups is 3. The quantitative estimate of drug-likeness (QED) is 0.202. The summed E-state index contributed by atoms with van der Waals surface area (Å²) in [5.74, 6) is -3.30. The van der Waals surface area contributed by atoms with Gasteiger partial charge >= 0.3 is 5.97 Å². The van der Waals surface area contributed by atoms with E-state index in [1.165, 1.54) is 18.2 Å². The molecule has 0 aliphatic rings. The van der Waals surface area contributed by atoms with Gasteiger partial charge in [0.15, 0.2) is 0 Å². The summed E-state index contributed by atoms with van der Waals surface area (Å²) in [5, 5.41) is 26.0. The first-order valence-corrected chi connectivity index (χ1v) is 14.4. The number of benzene rings is 3. The minimum atomic E-state index is -1.16. The Morgan fingerprint density at radius 2 is 1.44 bits per heavy atom. The number of carboxylic acid groups (broad SMARTS) is 1. The molecule has 0 bridgehead atoms. The van der Waals surface area contributed by atoms with Crippen molar-refractivity contribution >= 4 is 17.8 Å². The Bertz CT molecular complexity index is 1390. The smallest absolute Gasteiger partial charge is 0.335 e. The van der Waals surface area contributed by atoms with Crippen molar-refractivity contribution in [1.82, 2.24) is 15.5 Å². The fourth-order valence-electron chi connectivity index (χ4n) is 4.86. The number of amides is 2. The molecule has 2 amide bonds. The molecule has 8 nitrogen and oxygen atoms in total. The lowest BCUT2D eigenvalue weighted by molar-refractivity contribution is 0.0695. The van der Waals surface area contributed by atoms with Gasteiger partial charge in [-0.15, -0.1) is 0 Å². The first-order valence-electron chi connectivity index (χ1n) is 14.4. The number of rotatable bonds is 15. The summed E-state index contributed by atoms with van der Waals surface area (Å²) in [6, 6.07) is 13.2. The molecule has 0 saturated carbocycles. The molecule has 3 aromatic carbocycles. The standard InChI is InChI=1S/C33H39F2N3O5/c1-4-10-38(11-5-2)32(41)26-13-21(3)12-25(17-26)31(40)37-29(16-23-14-27(34)18-28(35)15-23)30(39)20-36-19-22-6-8-24(9-7-22)33(42)43/h6-9,12-15,17-18,29-30,36,39H,4-5,10-11,16,19-20H2,1-3H3,(H,37,40)(H,42,43)/t29-,30+/m0/s1. The van der Waals surface area contributed by atoms with Crippen molar-refractivity contribution in [3.63, 3.8) is 0 Å². The predicted octanol–water partition coefficient (Wildman–Crippen LogP) is 4.73. The maximum Gasteiger partial charge on any atom is 0.335 e. The van der Waals surface area contributed by atoms with Crippen molar-refractivity contribution in [1.29, 1.82) is 0 Å². The summed E-state index contributed by atoms with van der Waals surface area (Å²) in [6.45, 7) is 7.28. The summed E-state index contributed by atoms with van der Waals surface area (Å²) in [7, 11) is 0. The van der Waals surface area contributed by atoms with E-state index in [-0.39, 0.29) is 35.6 Å². The van der Waals surface area contributed by atoms with Gasteiger partial charge in [0.2, 0.25) is 0 Å². The van der Waals surface area contributed by atoms with E-state index in [1.54, 1.807) is 36.1 Å². The van der Waals surface area contributed by atoms with Gasteiger partial charge in [-0.3, -0.25) is 9.59 Å².